The van der Waals surface area contributed by atoms with Crippen molar-refractivity contribution >= 4 is 40.9 Å². The monoisotopic (exact) mass is 337 g/mol. The van der Waals surface area contributed by atoms with Gasteiger partial charge >= 0.3 is 0 Å². The smallest absolute Gasteiger partial charge is 0.220 e. The molecule has 7 heteroatoms. The molecule has 0 spiro atoms. The largest absolute Gasteiger partial charge is 0.504 e. The lowest BCUT2D eigenvalue weighted by molar-refractivity contribution is 0.403. The molecule has 0 unspecified atom stereocenters. The number of aromatic hydroxyl groups is 2. The fraction of sp³-hybridized carbons (Fsp3) is 0.0667. The number of phenols is 2. The molecule has 3 rings (SSSR count). The third-order valence-electron chi connectivity index (χ3n) is 3.17. The summed E-state index contributed by atoms with van der Waals surface area (Å²) in [6, 6.07) is 9.95. The van der Waals surface area contributed by atoms with Gasteiger partial charge in [0.1, 0.15) is 0 Å². The van der Waals surface area contributed by atoms with Crippen LogP contribution in [-0.4, -0.2) is 20.2 Å². The maximum atomic E-state index is 9.56. The topological polar surface area (TPSA) is 92.3 Å². The van der Waals surface area contributed by atoms with Gasteiger partial charge < -0.3 is 15.9 Å². The van der Waals surface area contributed by atoms with Gasteiger partial charge in [-0.15, -0.1) is 12.4 Å². The Morgan fingerprint density at radius 1 is 1.00 bits per heavy atom. The van der Waals surface area contributed by atoms with E-state index in [0.29, 0.717) is 22.7 Å². The van der Waals surface area contributed by atoms with Crippen molar-refractivity contribution in [1.29, 1.82) is 0 Å². The number of benzene rings is 2. The lowest BCUT2D eigenvalue weighted by Crippen LogP contribution is -2.01. The minimum Gasteiger partial charge on any atom is -0.504 e. The van der Waals surface area contributed by atoms with Crippen molar-refractivity contribution in [3.8, 4) is 11.5 Å². The number of nitrogens with zero attached hydrogens (tertiary/aromatic N) is 2. The first-order chi connectivity index (χ1) is 10.0. The highest BCUT2D eigenvalue weighted by atomic mass is 35.5. The summed E-state index contributed by atoms with van der Waals surface area (Å²) in [6.07, 6.45) is 0.442. The maximum absolute atomic E-state index is 9.56. The minimum absolute atomic E-state index is 0. The van der Waals surface area contributed by atoms with Crippen LogP contribution < -0.4 is 5.73 Å². The van der Waals surface area contributed by atoms with Gasteiger partial charge in [0.2, 0.25) is 5.95 Å². The third-order valence-corrected chi connectivity index (χ3v) is 3.40. The summed E-state index contributed by atoms with van der Waals surface area (Å²) in [7, 11) is 0. The summed E-state index contributed by atoms with van der Waals surface area (Å²) in [5.74, 6) is -0.145. The van der Waals surface area contributed by atoms with Crippen LogP contribution in [0.2, 0.25) is 5.02 Å². The van der Waals surface area contributed by atoms with Crippen LogP contribution in [-0.2, 0) is 6.42 Å². The lowest BCUT2D eigenvalue weighted by Gasteiger charge is -2.08. The molecule has 1 aromatic heterocycles. The van der Waals surface area contributed by atoms with E-state index in [0.717, 1.165) is 10.9 Å². The zero-order valence-corrected chi connectivity index (χ0v) is 12.9. The zero-order chi connectivity index (χ0) is 15.0. The number of nitrogens with two attached hydrogens (primary N) is 1. The van der Waals surface area contributed by atoms with Crippen LogP contribution in [0.15, 0.2) is 36.4 Å². The highest BCUT2D eigenvalue weighted by molar-refractivity contribution is 6.31. The van der Waals surface area contributed by atoms with Crippen LogP contribution >= 0.6 is 24.0 Å². The Bertz CT molecular complexity index is 840. The molecular weight excluding hydrogens is 325 g/mol. The van der Waals surface area contributed by atoms with E-state index >= 15 is 0 Å². The molecule has 114 valence electrons. The molecule has 4 N–H and O–H groups in total. The summed E-state index contributed by atoms with van der Waals surface area (Å²) in [4.78, 5) is 8.42. The number of rotatable bonds is 2. The van der Waals surface area contributed by atoms with Gasteiger partial charge in [0.15, 0.2) is 11.5 Å². The molecule has 0 atom stereocenters. The van der Waals surface area contributed by atoms with Crippen LogP contribution in [0.5, 0.6) is 11.5 Å². The van der Waals surface area contributed by atoms with E-state index in [1.54, 1.807) is 24.3 Å². The van der Waals surface area contributed by atoms with E-state index in [1.807, 2.05) is 0 Å². The van der Waals surface area contributed by atoms with Crippen molar-refractivity contribution in [3.63, 3.8) is 0 Å². The van der Waals surface area contributed by atoms with Gasteiger partial charge in [0, 0.05) is 16.8 Å². The Morgan fingerprint density at radius 3 is 2.50 bits per heavy atom. The summed E-state index contributed by atoms with van der Waals surface area (Å²) in [5.41, 5.74) is 7.95. The minimum atomic E-state index is -0.170. The Hall–Kier alpha value is -2.24. The number of anilines is 1. The molecule has 1 heterocycles. The Kier molecular flexibility index (Phi) is 4.59. The van der Waals surface area contributed by atoms with Gasteiger partial charge in [0.05, 0.1) is 11.2 Å². The predicted molar refractivity (Wildman–Crippen MR) is 88.8 cm³/mol. The molecule has 0 bridgehead atoms. The van der Waals surface area contributed by atoms with Crippen molar-refractivity contribution in [2.45, 2.75) is 6.42 Å². The predicted octanol–water partition coefficient (Wildman–Crippen LogP) is 3.29. The lowest BCUT2D eigenvalue weighted by atomic mass is 10.1. The number of aromatic nitrogens is 2. The van der Waals surface area contributed by atoms with Crippen molar-refractivity contribution in [3.05, 3.63) is 52.7 Å². The van der Waals surface area contributed by atoms with Crippen molar-refractivity contribution < 1.29 is 10.2 Å². The molecule has 2 aromatic carbocycles. The molecule has 5 nitrogen and oxygen atoms in total. The molecule has 0 saturated heterocycles. The van der Waals surface area contributed by atoms with Crippen LogP contribution in [0.4, 0.5) is 5.95 Å². The first-order valence-corrected chi connectivity index (χ1v) is 6.63. The molecule has 0 amide bonds. The van der Waals surface area contributed by atoms with Gasteiger partial charge in [-0.2, -0.15) is 0 Å². The molecule has 22 heavy (non-hydrogen) atoms. The van der Waals surface area contributed by atoms with Crippen molar-refractivity contribution in [2.24, 2.45) is 0 Å². The molecule has 0 aliphatic rings. The molecular formula is C15H13Cl2N3O2. The van der Waals surface area contributed by atoms with E-state index in [9.17, 15) is 10.2 Å². The summed E-state index contributed by atoms with van der Waals surface area (Å²) in [6.45, 7) is 0. The first-order valence-electron chi connectivity index (χ1n) is 6.25. The number of fused-ring (bicyclic) bond motifs is 1. The van der Waals surface area contributed by atoms with Crippen molar-refractivity contribution in [1.82, 2.24) is 9.97 Å². The van der Waals surface area contributed by atoms with E-state index in [4.69, 9.17) is 17.3 Å². The third kappa shape index (κ3) is 3.16. The molecule has 3 aromatic rings. The van der Waals surface area contributed by atoms with Gasteiger partial charge in [-0.05, 0) is 35.9 Å². The second-order valence-electron chi connectivity index (χ2n) is 4.69. The van der Waals surface area contributed by atoms with E-state index in [1.165, 1.54) is 12.1 Å². The van der Waals surface area contributed by atoms with Crippen LogP contribution in [0.1, 0.15) is 11.3 Å². The number of hydrogen-bond donors (Lipinski definition) is 3. The number of halogens is 2. The highest BCUT2D eigenvalue weighted by Crippen LogP contribution is 2.28. The summed E-state index contributed by atoms with van der Waals surface area (Å²) < 4.78 is 0. The Balaban J connectivity index is 0.00000176. The average molecular weight is 338 g/mol. The second kappa shape index (κ2) is 6.25. The maximum Gasteiger partial charge on any atom is 0.220 e. The second-order valence-corrected chi connectivity index (χ2v) is 5.13. The first kappa shape index (κ1) is 16.1. The molecule has 0 radical (unpaired) electrons. The molecule has 0 saturated carbocycles. The van der Waals surface area contributed by atoms with Gasteiger partial charge in [-0.25, -0.2) is 9.97 Å². The number of hydrogen-bond acceptors (Lipinski definition) is 5. The molecule has 0 aliphatic heterocycles. The zero-order valence-electron chi connectivity index (χ0n) is 11.3. The summed E-state index contributed by atoms with van der Waals surface area (Å²) in [5, 5.41) is 20.3. The fourth-order valence-corrected chi connectivity index (χ4v) is 2.36. The van der Waals surface area contributed by atoms with E-state index in [-0.39, 0.29) is 29.9 Å². The Labute approximate surface area is 137 Å². The van der Waals surface area contributed by atoms with Gasteiger partial charge in [-0.3, -0.25) is 0 Å². The quantitative estimate of drug-likeness (QED) is 0.624. The summed E-state index contributed by atoms with van der Waals surface area (Å²) >= 11 is 6.02. The standard InChI is InChI=1S/C15H12ClN3O2.ClH/c16-9-2-3-11-10(7-9)12(19-15(17)18-11)5-8-1-4-13(20)14(21)6-8;/h1-4,6-7,20-21H,5H2,(H2,17,18,19);1H. The fourth-order valence-electron chi connectivity index (χ4n) is 2.19. The van der Waals surface area contributed by atoms with Crippen LogP contribution in [0.25, 0.3) is 10.9 Å². The SMILES string of the molecule is Cl.Nc1nc(Cc2ccc(O)c(O)c2)c2cc(Cl)ccc2n1. The highest BCUT2D eigenvalue weighted by Gasteiger charge is 2.09. The van der Waals surface area contributed by atoms with Crippen molar-refractivity contribution in [2.75, 3.05) is 5.73 Å². The van der Waals surface area contributed by atoms with E-state index < -0.39 is 0 Å². The van der Waals surface area contributed by atoms with Crippen LogP contribution in [0, 0.1) is 0 Å². The number of nitrogen functional groups attached to an aromatic ring is 1. The number of phenolic OH excluding ortho intramolecular Hbond substituents is 2. The molecule has 0 fully saturated rings. The normalized spacial score (nSPS) is 10.4. The van der Waals surface area contributed by atoms with Crippen LogP contribution in [0.3, 0.4) is 0 Å². The van der Waals surface area contributed by atoms with E-state index in [2.05, 4.69) is 9.97 Å². The van der Waals surface area contributed by atoms with Gasteiger partial charge in [0.25, 0.3) is 0 Å². The van der Waals surface area contributed by atoms with Gasteiger partial charge in [-0.1, -0.05) is 17.7 Å². The molecule has 0 aliphatic carbocycles. The average Bonchev–Trinajstić information content (AvgIpc) is 2.43. The Morgan fingerprint density at radius 2 is 1.77 bits per heavy atom.